The molecule has 0 aromatic heterocycles. The van der Waals surface area contributed by atoms with Gasteiger partial charge in [0.2, 0.25) is 0 Å². The minimum absolute atomic E-state index is 0.777. The van der Waals surface area contributed by atoms with Crippen LogP contribution in [0.4, 0.5) is 0 Å². The van der Waals surface area contributed by atoms with Crippen LogP contribution in [0, 0.1) is 11.8 Å². The molecule has 0 aromatic carbocycles. The molecule has 1 saturated carbocycles. The molecule has 2 unspecified atom stereocenters. The molecule has 1 aliphatic carbocycles. The molecule has 2 atom stereocenters. The standard InChI is InChI=1S/C8H15NO/c1-9-8-2-6-4-10-5-7(6)3-8/h6-9H,2-5H2,1H3. The second-order valence-electron chi connectivity index (χ2n) is 3.51. The zero-order chi connectivity index (χ0) is 6.97. The van der Waals surface area contributed by atoms with Crippen LogP contribution in [0.3, 0.4) is 0 Å². The Hall–Kier alpha value is -0.0800. The molecule has 2 nitrogen and oxygen atoms in total. The first-order valence-corrected chi connectivity index (χ1v) is 4.15. The van der Waals surface area contributed by atoms with Gasteiger partial charge in [-0.2, -0.15) is 0 Å². The minimum atomic E-state index is 0.777. The highest BCUT2D eigenvalue weighted by Crippen LogP contribution is 2.36. The first-order chi connectivity index (χ1) is 4.90. The summed E-state index contributed by atoms with van der Waals surface area (Å²) in [7, 11) is 2.06. The van der Waals surface area contributed by atoms with Gasteiger partial charge in [0, 0.05) is 19.3 Å². The monoisotopic (exact) mass is 141 g/mol. The molecule has 1 aliphatic heterocycles. The minimum Gasteiger partial charge on any atom is -0.381 e. The van der Waals surface area contributed by atoms with E-state index in [2.05, 4.69) is 12.4 Å². The van der Waals surface area contributed by atoms with Gasteiger partial charge in [-0.25, -0.2) is 0 Å². The quantitative estimate of drug-likeness (QED) is 0.578. The van der Waals surface area contributed by atoms with Gasteiger partial charge in [0.1, 0.15) is 0 Å². The molecule has 10 heavy (non-hydrogen) atoms. The Morgan fingerprint density at radius 1 is 1.20 bits per heavy atom. The highest BCUT2D eigenvalue weighted by molar-refractivity contribution is 4.89. The van der Waals surface area contributed by atoms with Crippen LogP contribution in [0.15, 0.2) is 0 Å². The normalized spacial score (nSPS) is 45.9. The van der Waals surface area contributed by atoms with Gasteiger partial charge in [0.05, 0.1) is 0 Å². The summed E-state index contributed by atoms with van der Waals surface area (Å²) in [6.07, 6.45) is 2.67. The van der Waals surface area contributed by atoms with E-state index in [0.717, 1.165) is 31.1 Å². The van der Waals surface area contributed by atoms with E-state index in [0.29, 0.717) is 0 Å². The third-order valence-corrected chi connectivity index (χ3v) is 2.91. The van der Waals surface area contributed by atoms with Crippen LogP contribution < -0.4 is 5.32 Å². The SMILES string of the molecule is CNC1CC2COCC2C1. The lowest BCUT2D eigenvalue weighted by molar-refractivity contribution is 0.170. The summed E-state index contributed by atoms with van der Waals surface area (Å²) in [5.74, 6) is 1.75. The smallest absolute Gasteiger partial charge is 0.0498 e. The summed E-state index contributed by atoms with van der Waals surface area (Å²) in [4.78, 5) is 0. The zero-order valence-corrected chi connectivity index (χ0v) is 6.47. The van der Waals surface area contributed by atoms with E-state index in [1.54, 1.807) is 0 Å². The molecule has 1 saturated heterocycles. The van der Waals surface area contributed by atoms with Gasteiger partial charge in [-0.05, 0) is 31.7 Å². The maximum absolute atomic E-state index is 5.38. The third-order valence-electron chi connectivity index (χ3n) is 2.91. The van der Waals surface area contributed by atoms with E-state index in [1.165, 1.54) is 12.8 Å². The summed E-state index contributed by atoms with van der Waals surface area (Å²) >= 11 is 0. The molecule has 0 radical (unpaired) electrons. The van der Waals surface area contributed by atoms with Crippen LogP contribution in [-0.4, -0.2) is 26.3 Å². The summed E-state index contributed by atoms with van der Waals surface area (Å²) in [5, 5.41) is 3.34. The predicted octanol–water partition coefficient (Wildman–Crippen LogP) is 0.631. The fourth-order valence-corrected chi connectivity index (χ4v) is 2.23. The van der Waals surface area contributed by atoms with Crippen molar-refractivity contribution in [2.24, 2.45) is 11.8 Å². The van der Waals surface area contributed by atoms with Crippen molar-refractivity contribution < 1.29 is 4.74 Å². The van der Waals surface area contributed by atoms with Gasteiger partial charge in [0.25, 0.3) is 0 Å². The van der Waals surface area contributed by atoms with E-state index in [4.69, 9.17) is 4.74 Å². The largest absolute Gasteiger partial charge is 0.381 e. The summed E-state index contributed by atoms with van der Waals surface area (Å²) in [6, 6.07) is 0.777. The highest BCUT2D eigenvalue weighted by atomic mass is 16.5. The fourth-order valence-electron chi connectivity index (χ4n) is 2.23. The Bertz CT molecular complexity index is 114. The Morgan fingerprint density at radius 2 is 1.80 bits per heavy atom. The van der Waals surface area contributed by atoms with Crippen LogP contribution in [0.1, 0.15) is 12.8 Å². The predicted molar refractivity (Wildman–Crippen MR) is 39.9 cm³/mol. The lowest BCUT2D eigenvalue weighted by Gasteiger charge is -2.07. The molecular formula is C8H15NO. The maximum Gasteiger partial charge on any atom is 0.0498 e. The van der Waals surface area contributed by atoms with Crippen LogP contribution in [0.25, 0.3) is 0 Å². The molecule has 1 N–H and O–H groups in total. The van der Waals surface area contributed by atoms with Crippen molar-refractivity contribution in [3.05, 3.63) is 0 Å². The Balaban J connectivity index is 1.94. The average molecular weight is 141 g/mol. The summed E-state index contributed by atoms with van der Waals surface area (Å²) < 4.78 is 5.38. The molecule has 58 valence electrons. The number of fused-ring (bicyclic) bond motifs is 1. The molecule has 2 fully saturated rings. The summed E-state index contributed by atoms with van der Waals surface area (Å²) in [6.45, 7) is 2.03. The molecule has 1 heterocycles. The fraction of sp³-hybridized carbons (Fsp3) is 1.00. The van der Waals surface area contributed by atoms with Crippen molar-refractivity contribution >= 4 is 0 Å². The van der Waals surface area contributed by atoms with Gasteiger partial charge in [-0.3, -0.25) is 0 Å². The van der Waals surface area contributed by atoms with Crippen LogP contribution in [0.5, 0.6) is 0 Å². The van der Waals surface area contributed by atoms with E-state index >= 15 is 0 Å². The molecule has 0 aromatic rings. The number of hydrogen-bond donors (Lipinski definition) is 1. The first-order valence-electron chi connectivity index (χ1n) is 4.15. The maximum atomic E-state index is 5.38. The molecule has 2 aliphatic rings. The number of nitrogens with one attached hydrogen (secondary N) is 1. The average Bonchev–Trinajstić information content (AvgIpc) is 2.42. The van der Waals surface area contributed by atoms with E-state index < -0.39 is 0 Å². The lowest BCUT2D eigenvalue weighted by atomic mass is 10.0. The van der Waals surface area contributed by atoms with Crippen molar-refractivity contribution in [3.63, 3.8) is 0 Å². The van der Waals surface area contributed by atoms with Crippen molar-refractivity contribution in [2.45, 2.75) is 18.9 Å². The summed E-state index contributed by atoms with van der Waals surface area (Å²) in [5.41, 5.74) is 0. The number of rotatable bonds is 1. The molecule has 0 amide bonds. The molecule has 2 heteroatoms. The van der Waals surface area contributed by atoms with Crippen molar-refractivity contribution in [2.75, 3.05) is 20.3 Å². The third kappa shape index (κ3) is 0.956. The number of hydrogen-bond acceptors (Lipinski definition) is 2. The van der Waals surface area contributed by atoms with Gasteiger partial charge in [-0.15, -0.1) is 0 Å². The van der Waals surface area contributed by atoms with Gasteiger partial charge in [0.15, 0.2) is 0 Å². The topological polar surface area (TPSA) is 21.3 Å². The lowest BCUT2D eigenvalue weighted by Crippen LogP contribution is -2.22. The van der Waals surface area contributed by atoms with E-state index in [-0.39, 0.29) is 0 Å². The van der Waals surface area contributed by atoms with Crippen molar-refractivity contribution in [1.82, 2.24) is 5.32 Å². The highest BCUT2D eigenvalue weighted by Gasteiger charge is 2.37. The van der Waals surface area contributed by atoms with E-state index in [1.807, 2.05) is 0 Å². The van der Waals surface area contributed by atoms with Gasteiger partial charge in [-0.1, -0.05) is 0 Å². The molecular weight excluding hydrogens is 126 g/mol. The molecule has 0 bridgehead atoms. The van der Waals surface area contributed by atoms with Crippen LogP contribution in [0.2, 0.25) is 0 Å². The molecule has 2 rings (SSSR count). The van der Waals surface area contributed by atoms with Crippen LogP contribution >= 0.6 is 0 Å². The Labute approximate surface area is 61.9 Å². The van der Waals surface area contributed by atoms with Crippen LogP contribution in [-0.2, 0) is 4.74 Å². The second-order valence-corrected chi connectivity index (χ2v) is 3.51. The van der Waals surface area contributed by atoms with Crippen molar-refractivity contribution in [3.8, 4) is 0 Å². The first kappa shape index (κ1) is 6.62. The van der Waals surface area contributed by atoms with Crippen molar-refractivity contribution in [1.29, 1.82) is 0 Å². The Morgan fingerprint density at radius 3 is 2.30 bits per heavy atom. The Kier molecular flexibility index (Phi) is 1.66. The zero-order valence-electron chi connectivity index (χ0n) is 6.47. The number of ether oxygens (including phenoxy) is 1. The van der Waals surface area contributed by atoms with E-state index in [9.17, 15) is 0 Å². The molecule has 0 spiro atoms. The van der Waals surface area contributed by atoms with Gasteiger partial charge >= 0.3 is 0 Å². The second kappa shape index (κ2) is 2.51. The van der Waals surface area contributed by atoms with Gasteiger partial charge < -0.3 is 10.1 Å².